The van der Waals surface area contributed by atoms with E-state index in [0.29, 0.717) is 6.42 Å². The maximum Gasteiger partial charge on any atom is 0.326 e. The van der Waals surface area contributed by atoms with Gasteiger partial charge in [-0.1, -0.05) is 27.7 Å². The predicted molar refractivity (Wildman–Crippen MR) is 155 cm³/mol. The number of amides is 4. The number of hydrogen-bond donors (Lipinski definition) is 6. The van der Waals surface area contributed by atoms with E-state index in [2.05, 4.69) is 16.0 Å². The normalized spacial score (nSPS) is 28.8. The van der Waals surface area contributed by atoms with Crippen molar-refractivity contribution in [2.24, 2.45) is 11.8 Å². The molecule has 0 spiro atoms. The van der Waals surface area contributed by atoms with Crippen LogP contribution in [-0.4, -0.2) is 124 Å². The number of nitrogens with zero attached hydrogens (tertiary/aromatic N) is 1. The molecule has 0 unspecified atom stereocenters. The van der Waals surface area contributed by atoms with Gasteiger partial charge in [0.1, 0.15) is 30.3 Å². The lowest BCUT2D eigenvalue weighted by Gasteiger charge is -2.31. The van der Waals surface area contributed by atoms with Crippen molar-refractivity contribution >= 4 is 35.6 Å². The van der Waals surface area contributed by atoms with Crippen LogP contribution in [0.3, 0.4) is 0 Å². The molecule has 8 atom stereocenters. The SMILES string of the molecule is CO[C@H]1O[C@]2(C(=O)N[C@@H](CC(C)C)C(=O)N[C@@H](CC(=O)O)C(=O)N[C@H](C(=O)N3CCC[C@H]3C(=O)O)C(C)C)OC(C)(C)O[C@@H]2[C@H]1O. The quantitative estimate of drug-likeness (QED) is 0.130. The van der Waals surface area contributed by atoms with Crippen molar-refractivity contribution in [1.29, 1.82) is 0 Å². The zero-order valence-corrected chi connectivity index (χ0v) is 27.1. The van der Waals surface area contributed by atoms with E-state index < -0.39 is 102 Å². The van der Waals surface area contributed by atoms with E-state index in [1.165, 1.54) is 25.9 Å². The smallest absolute Gasteiger partial charge is 0.326 e. The molecule has 0 aliphatic carbocycles. The molecule has 260 valence electrons. The van der Waals surface area contributed by atoms with Crippen molar-refractivity contribution < 1.29 is 63.0 Å². The summed E-state index contributed by atoms with van der Waals surface area (Å²) in [6, 6.07) is -5.25. The highest BCUT2D eigenvalue weighted by molar-refractivity contribution is 5.97. The summed E-state index contributed by atoms with van der Waals surface area (Å²) in [5.41, 5.74) is 0. The van der Waals surface area contributed by atoms with E-state index in [0.717, 1.165) is 0 Å². The molecular weight excluding hydrogens is 612 g/mol. The van der Waals surface area contributed by atoms with Gasteiger partial charge in [0.2, 0.25) is 17.7 Å². The minimum absolute atomic E-state index is 0.0406. The van der Waals surface area contributed by atoms with E-state index in [1.54, 1.807) is 27.7 Å². The summed E-state index contributed by atoms with van der Waals surface area (Å²) >= 11 is 0. The van der Waals surface area contributed by atoms with Gasteiger partial charge in [0, 0.05) is 13.7 Å². The molecule has 3 saturated heterocycles. The number of carbonyl (C=O) groups is 6. The number of aliphatic hydroxyl groups excluding tert-OH is 1. The van der Waals surface area contributed by atoms with E-state index in [1.807, 2.05) is 0 Å². The number of ether oxygens (including phenoxy) is 4. The van der Waals surface area contributed by atoms with Gasteiger partial charge in [-0.05, 0) is 44.9 Å². The van der Waals surface area contributed by atoms with Crippen LogP contribution in [0.2, 0.25) is 0 Å². The Hall–Kier alpha value is -3.38. The number of methoxy groups -OCH3 is 1. The van der Waals surface area contributed by atoms with Crippen LogP contribution in [0.1, 0.15) is 67.2 Å². The lowest BCUT2D eigenvalue weighted by Crippen LogP contribution is -2.61. The minimum Gasteiger partial charge on any atom is -0.481 e. The first-order chi connectivity index (χ1) is 21.3. The zero-order chi connectivity index (χ0) is 34.7. The van der Waals surface area contributed by atoms with E-state index in [-0.39, 0.29) is 25.3 Å². The van der Waals surface area contributed by atoms with Gasteiger partial charge >= 0.3 is 11.9 Å². The van der Waals surface area contributed by atoms with Gasteiger partial charge in [0.05, 0.1) is 6.42 Å². The number of carboxylic acid groups (broad SMARTS) is 2. The molecule has 3 rings (SSSR count). The van der Waals surface area contributed by atoms with Crippen molar-refractivity contribution in [2.75, 3.05) is 13.7 Å². The predicted octanol–water partition coefficient (Wildman–Crippen LogP) is -1.10. The maximum atomic E-state index is 13.7. The van der Waals surface area contributed by atoms with Crippen LogP contribution >= 0.6 is 0 Å². The van der Waals surface area contributed by atoms with Crippen LogP contribution in [0, 0.1) is 11.8 Å². The number of aliphatic carboxylic acids is 2. The third kappa shape index (κ3) is 8.12. The average molecular weight is 659 g/mol. The number of rotatable bonds is 14. The Morgan fingerprint density at radius 1 is 0.957 bits per heavy atom. The second kappa shape index (κ2) is 14.6. The average Bonchev–Trinajstić information content (AvgIpc) is 3.61. The third-order valence-electron chi connectivity index (χ3n) is 8.00. The molecule has 0 bridgehead atoms. The Bertz CT molecular complexity index is 1190. The van der Waals surface area contributed by atoms with E-state index in [4.69, 9.17) is 18.9 Å². The topological polar surface area (TPSA) is 239 Å². The highest BCUT2D eigenvalue weighted by atomic mass is 16.9. The van der Waals surface area contributed by atoms with Gasteiger partial charge in [-0.3, -0.25) is 24.0 Å². The Morgan fingerprint density at radius 2 is 1.59 bits per heavy atom. The number of likely N-dealkylation sites (tertiary alicyclic amines) is 1. The molecule has 3 aliphatic rings. The first-order valence-electron chi connectivity index (χ1n) is 15.3. The third-order valence-corrected chi connectivity index (χ3v) is 8.00. The van der Waals surface area contributed by atoms with E-state index >= 15 is 0 Å². The second-order valence-corrected chi connectivity index (χ2v) is 13.0. The number of carbonyl (C=O) groups excluding carboxylic acids is 4. The molecule has 0 aromatic heterocycles. The number of fused-ring (bicyclic) bond motifs is 1. The molecule has 0 aromatic carbocycles. The fourth-order valence-corrected chi connectivity index (χ4v) is 5.87. The summed E-state index contributed by atoms with van der Waals surface area (Å²) in [6.45, 7) is 10.00. The zero-order valence-electron chi connectivity index (χ0n) is 27.1. The Labute approximate surface area is 266 Å². The summed E-state index contributed by atoms with van der Waals surface area (Å²) in [7, 11) is 1.25. The summed E-state index contributed by atoms with van der Waals surface area (Å²) in [4.78, 5) is 78.6. The Balaban J connectivity index is 1.81. The molecule has 0 radical (unpaired) electrons. The first kappa shape index (κ1) is 37.1. The lowest BCUT2D eigenvalue weighted by atomic mass is 10.00. The molecule has 17 nitrogen and oxygen atoms in total. The van der Waals surface area contributed by atoms with Crippen LogP contribution in [0.15, 0.2) is 0 Å². The molecule has 46 heavy (non-hydrogen) atoms. The molecule has 4 amide bonds. The molecule has 3 aliphatic heterocycles. The van der Waals surface area contributed by atoms with Crippen molar-refractivity contribution in [1.82, 2.24) is 20.9 Å². The van der Waals surface area contributed by atoms with Gasteiger partial charge in [0.15, 0.2) is 18.2 Å². The van der Waals surface area contributed by atoms with E-state index in [9.17, 15) is 44.1 Å². The summed E-state index contributed by atoms with van der Waals surface area (Å²) in [6.07, 6.45) is -4.11. The summed E-state index contributed by atoms with van der Waals surface area (Å²) in [5, 5.41) is 37.1. The monoisotopic (exact) mass is 658 g/mol. The van der Waals surface area contributed by atoms with Gasteiger partial charge < -0.3 is 55.1 Å². The molecule has 0 saturated carbocycles. The van der Waals surface area contributed by atoms with Gasteiger partial charge in [-0.15, -0.1) is 0 Å². The van der Waals surface area contributed by atoms with Gasteiger partial charge in [0.25, 0.3) is 11.7 Å². The fourth-order valence-electron chi connectivity index (χ4n) is 5.87. The molecule has 3 heterocycles. The van der Waals surface area contributed by atoms with Crippen LogP contribution < -0.4 is 16.0 Å². The summed E-state index contributed by atoms with van der Waals surface area (Å²) < 4.78 is 22.3. The Kier molecular flexibility index (Phi) is 11.8. The molecule has 17 heteroatoms. The molecule has 6 N–H and O–H groups in total. The van der Waals surface area contributed by atoms with Gasteiger partial charge in [-0.2, -0.15) is 0 Å². The van der Waals surface area contributed by atoms with Crippen molar-refractivity contribution in [3.63, 3.8) is 0 Å². The maximum absolute atomic E-state index is 13.7. The van der Waals surface area contributed by atoms with Crippen molar-refractivity contribution in [2.45, 2.75) is 121 Å². The number of hydrogen-bond acceptors (Lipinski definition) is 11. The fraction of sp³-hybridized carbons (Fsp3) is 0.793. The molecule has 3 fully saturated rings. The number of nitrogens with one attached hydrogen (secondary N) is 3. The molecular formula is C29H46N4O13. The highest BCUT2D eigenvalue weighted by Crippen LogP contribution is 2.45. The van der Waals surface area contributed by atoms with Crippen molar-refractivity contribution in [3.05, 3.63) is 0 Å². The highest BCUT2D eigenvalue weighted by Gasteiger charge is 2.69. The summed E-state index contributed by atoms with van der Waals surface area (Å²) in [5.74, 6) is -10.3. The van der Waals surface area contributed by atoms with Crippen LogP contribution in [-0.2, 0) is 47.7 Å². The Morgan fingerprint density at radius 3 is 2.13 bits per heavy atom. The number of carboxylic acids is 2. The lowest BCUT2D eigenvalue weighted by molar-refractivity contribution is -0.288. The largest absolute Gasteiger partial charge is 0.481 e. The van der Waals surface area contributed by atoms with Crippen molar-refractivity contribution in [3.8, 4) is 0 Å². The van der Waals surface area contributed by atoms with Crippen LogP contribution in [0.4, 0.5) is 0 Å². The number of aliphatic hydroxyl groups is 1. The minimum atomic E-state index is -2.19. The first-order valence-corrected chi connectivity index (χ1v) is 15.3. The molecule has 0 aromatic rings. The van der Waals surface area contributed by atoms with Crippen LogP contribution in [0.5, 0.6) is 0 Å². The van der Waals surface area contributed by atoms with Gasteiger partial charge in [-0.25, -0.2) is 4.79 Å². The van der Waals surface area contributed by atoms with Crippen LogP contribution in [0.25, 0.3) is 0 Å². The second-order valence-electron chi connectivity index (χ2n) is 13.0. The standard InChI is InChI=1S/C29H46N4O13/c1-13(2)11-15(31-27(42)29-21(44-28(5,6)46-29)20(36)26(43-7)45-29)22(37)30-16(12-18(34)35)23(38)32-19(14(3)4)24(39)33-10-8-9-17(33)25(40)41/h13-17,19-21,26,36H,8-12H2,1-7H3,(H,30,37)(H,31,42)(H,32,38)(H,34,35)(H,40,41)/t15-,16-,17-,19-,20+,21+,26-,29-/m0/s1.